The van der Waals surface area contributed by atoms with E-state index in [2.05, 4.69) is 0 Å². The molecule has 14 heavy (non-hydrogen) atoms. The van der Waals surface area contributed by atoms with Crippen LogP contribution < -0.4 is 10.5 Å². The van der Waals surface area contributed by atoms with Crippen LogP contribution in [0.5, 0.6) is 5.75 Å². The molecule has 0 heterocycles. The van der Waals surface area contributed by atoms with E-state index in [1.54, 1.807) is 12.1 Å². The Morgan fingerprint density at radius 2 is 2.29 bits per heavy atom. The Bertz CT molecular complexity index is 323. The standard InChI is InChI=1S/C11H14FNO/c1-2-3-7-14-11-9(8-13)5-4-6-10(11)12/h2-6H,7-8,13H2,1H3/b3-2+. The van der Waals surface area contributed by atoms with Gasteiger partial charge in [0.25, 0.3) is 0 Å². The van der Waals surface area contributed by atoms with Crippen LogP contribution in [0.25, 0.3) is 0 Å². The number of rotatable bonds is 4. The van der Waals surface area contributed by atoms with Gasteiger partial charge in [-0.3, -0.25) is 0 Å². The number of allylic oxidation sites excluding steroid dienone is 1. The molecule has 1 rings (SSSR count). The van der Waals surface area contributed by atoms with Crippen LogP contribution in [0.4, 0.5) is 4.39 Å². The summed E-state index contributed by atoms with van der Waals surface area (Å²) in [4.78, 5) is 0. The number of ether oxygens (including phenoxy) is 1. The zero-order valence-electron chi connectivity index (χ0n) is 8.16. The lowest BCUT2D eigenvalue weighted by Crippen LogP contribution is -2.04. The molecular formula is C11H14FNO. The lowest BCUT2D eigenvalue weighted by atomic mass is 10.2. The van der Waals surface area contributed by atoms with Gasteiger partial charge in [0, 0.05) is 12.1 Å². The molecule has 0 unspecified atom stereocenters. The second-order valence-corrected chi connectivity index (χ2v) is 2.81. The van der Waals surface area contributed by atoms with Gasteiger partial charge in [-0.15, -0.1) is 0 Å². The number of halogens is 1. The first-order chi connectivity index (χ1) is 6.79. The molecule has 0 saturated heterocycles. The lowest BCUT2D eigenvalue weighted by molar-refractivity contribution is 0.337. The molecule has 2 nitrogen and oxygen atoms in total. The van der Waals surface area contributed by atoms with E-state index in [-0.39, 0.29) is 18.1 Å². The summed E-state index contributed by atoms with van der Waals surface area (Å²) in [5.74, 6) is -0.106. The third-order valence-corrected chi connectivity index (χ3v) is 1.83. The first kappa shape index (κ1) is 10.7. The van der Waals surface area contributed by atoms with Crippen molar-refractivity contribution >= 4 is 0 Å². The SMILES string of the molecule is C/C=C/COc1c(F)cccc1CN. The number of nitrogens with two attached hydrogens (primary N) is 1. The fraction of sp³-hybridized carbons (Fsp3) is 0.273. The minimum Gasteiger partial charge on any atom is -0.486 e. The van der Waals surface area contributed by atoms with Crippen molar-refractivity contribution in [2.24, 2.45) is 5.73 Å². The molecule has 76 valence electrons. The van der Waals surface area contributed by atoms with Crippen LogP contribution in [-0.2, 0) is 6.54 Å². The maximum atomic E-state index is 13.3. The summed E-state index contributed by atoms with van der Waals surface area (Å²) >= 11 is 0. The fourth-order valence-corrected chi connectivity index (χ4v) is 1.10. The Balaban J connectivity index is 2.82. The van der Waals surface area contributed by atoms with Crippen LogP contribution in [0.15, 0.2) is 30.4 Å². The molecule has 0 saturated carbocycles. The zero-order chi connectivity index (χ0) is 10.4. The second-order valence-electron chi connectivity index (χ2n) is 2.81. The molecule has 0 amide bonds. The average molecular weight is 195 g/mol. The highest BCUT2D eigenvalue weighted by molar-refractivity contribution is 5.34. The third kappa shape index (κ3) is 2.57. The number of para-hydroxylation sites is 1. The minimum atomic E-state index is -0.363. The van der Waals surface area contributed by atoms with Crippen LogP contribution >= 0.6 is 0 Å². The molecule has 1 aromatic carbocycles. The Morgan fingerprint density at radius 3 is 2.93 bits per heavy atom. The van der Waals surface area contributed by atoms with Gasteiger partial charge in [0.15, 0.2) is 11.6 Å². The van der Waals surface area contributed by atoms with Crippen molar-refractivity contribution in [3.05, 3.63) is 41.7 Å². The molecule has 1 aromatic rings. The molecule has 0 fully saturated rings. The van der Waals surface area contributed by atoms with Crippen molar-refractivity contribution in [3.63, 3.8) is 0 Å². The molecule has 0 aliphatic carbocycles. The van der Waals surface area contributed by atoms with E-state index in [4.69, 9.17) is 10.5 Å². The van der Waals surface area contributed by atoms with Crippen LogP contribution in [0.1, 0.15) is 12.5 Å². The van der Waals surface area contributed by atoms with Gasteiger partial charge in [-0.05, 0) is 13.0 Å². The molecule has 0 aliphatic rings. The molecular weight excluding hydrogens is 181 g/mol. The quantitative estimate of drug-likeness (QED) is 0.748. The summed E-state index contributed by atoms with van der Waals surface area (Å²) in [5.41, 5.74) is 6.15. The fourth-order valence-electron chi connectivity index (χ4n) is 1.10. The van der Waals surface area contributed by atoms with Gasteiger partial charge >= 0.3 is 0 Å². The van der Waals surface area contributed by atoms with Crippen molar-refractivity contribution < 1.29 is 9.13 Å². The molecule has 0 bridgehead atoms. The average Bonchev–Trinajstić information content (AvgIpc) is 2.20. The van der Waals surface area contributed by atoms with E-state index in [0.29, 0.717) is 12.2 Å². The third-order valence-electron chi connectivity index (χ3n) is 1.83. The smallest absolute Gasteiger partial charge is 0.165 e. The highest BCUT2D eigenvalue weighted by Gasteiger charge is 2.07. The van der Waals surface area contributed by atoms with Crippen LogP contribution in [-0.4, -0.2) is 6.61 Å². The van der Waals surface area contributed by atoms with Gasteiger partial charge in [0.2, 0.25) is 0 Å². The Labute approximate surface area is 83.2 Å². The monoisotopic (exact) mass is 195 g/mol. The predicted molar refractivity (Wildman–Crippen MR) is 54.6 cm³/mol. The van der Waals surface area contributed by atoms with Gasteiger partial charge in [0.1, 0.15) is 6.61 Å². The Hall–Kier alpha value is -1.35. The van der Waals surface area contributed by atoms with E-state index in [0.717, 1.165) is 0 Å². The number of hydrogen-bond donors (Lipinski definition) is 1. The molecule has 0 radical (unpaired) electrons. The van der Waals surface area contributed by atoms with E-state index in [1.165, 1.54) is 6.07 Å². The summed E-state index contributed by atoms with van der Waals surface area (Å²) in [6.07, 6.45) is 3.66. The highest BCUT2D eigenvalue weighted by Crippen LogP contribution is 2.21. The molecule has 3 heteroatoms. The Kier molecular flexibility index (Phi) is 4.13. The van der Waals surface area contributed by atoms with Gasteiger partial charge in [-0.25, -0.2) is 4.39 Å². The van der Waals surface area contributed by atoms with Crippen LogP contribution in [0, 0.1) is 5.82 Å². The summed E-state index contributed by atoms with van der Waals surface area (Å²) in [6, 6.07) is 4.75. The molecule has 0 spiro atoms. The largest absolute Gasteiger partial charge is 0.486 e. The second kappa shape index (κ2) is 5.40. The lowest BCUT2D eigenvalue weighted by Gasteiger charge is -2.09. The van der Waals surface area contributed by atoms with Crippen molar-refractivity contribution in [1.29, 1.82) is 0 Å². The first-order valence-corrected chi connectivity index (χ1v) is 4.51. The summed E-state index contributed by atoms with van der Waals surface area (Å²) in [6.45, 7) is 2.53. The van der Waals surface area contributed by atoms with E-state index in [9.17, 15) is 4.39 Å². The van der Waals surface area contributed by atoms with Crippen LogP contribution in [0.3, 0.4) is 0 Å². The van der Waals surface area contributed by atoms with Gasteiger partial charge in [-0.2, -0.15) is 0 Å². The normalized spacial score (nSPS) is 10.8. The van der Waals surface area contributed by atoms with Crippen molar-refractivity contribution in [1.82, 2.24) is 0 Å². The van der Waals surface area contributed by atoms with E-state index >= 15 is 0 Å². The number of hydrogen-bond acceptors (Lipinski definition) is 2. The van der Waals surface area contributed by atoms with Crippen LogP contribution in [0.2, 0.25) is 0 Å². The molecule has 0 aromatic heterocycles. The van der Waals surface area contributed by atoms with E-state index < -0.39 is 0 Å². The number of benzene rings is 1. The van der Waals surface area contributed by atoms with Gasteiger partial charge in [-0.1, -0.05) is 24.3 Å². The van der Waals surface area contributed by atoms with E-state index in [1.807, 2.05) is 19.1 Å². The molecule has 0 aliphatic heterocycles. The maximum absolute atomic E-state index is 13.3. The van der Waals surface area contributed by atoms with Crippen molar-refractivity contribution in [3.8, 4) is 5.75 Å². The van der Waals surface area contributed by atoms with Gasteiger partial charge in [0.05, 0.1) is 0 Å². The maximum Gasteiger partial charge on any atom is 0.165 e. The topological polar surface area (TPSA) is 35.2 Å². The van der Waals surface area contributed by atoms with Crippen molar-refractivity contribution in [2.45, 2.75) is 13.5 Å². The summed E-state index contributed by atoms with van der Waals surface area (Å²) in [7, 11) is 0. The zero-order valence-corrected chi connectivity index (χ0v) is 8.16. The highest BCUT2D eigenvalue weighted by atomic mass is 19.1. The van der Waals surface area contributed by atoms with Crippen molar-refractivity contribution in [2.75, 3.05) is 6.61 Å². The molecule has 2 N–H and O–H groups in total. The summed E-state index contributed by atoms with van der Waals surface area (Å²) in [5, 5.41) is 0. The predicted octanol–water partition coefficient (Wildman–Crippen LogP) is 2.24. The first-order valence-electron chi connectivity index (χ1n) is 4.51. The summed E-state index contributed by atoms with van der Waals surface area (Å²) < 4.78 is 18.5. The molecule has 0 atom stereocenters. The van der Waals surface area contributed by atoms with Gasteiger partial charge < -0.3 is 10.5 Å². The Morgan fingerprint density at radius 1 is 1.50 bits per heavy atom. The minimum absolute atomic E-state index is 0.258.